The molecule has 1 heterocycles. The van der Waals surface area contributed by atoms with Gasteiger partial charge in [-0.2, -0.15) is 0 Å². The molecule has 2 heteroatoms. The third-order valence-corrected chi connectivity index (χ3v) is 7.04. The van der Waals surface area contributed by atoms with Gasteiger partial charge in [0.05, 0.1) is 13.1 Å². The van der Waals surface area contributed by atoms with Crippen molar-refractivity contribution in [1.82, 2.24) is 4.57 Å². The molecule has 1 rings (SSSR count). The molecule has 1 aromatic heterocycles. The first-order valence-corrected chi connectivity index (χ1v) is 14.9. The maximum absolute atomic E-state index is 2.40. The Morgan fingerprint density at radius 2 is 0.844 bits per heavy atom. The number of aryl methyl sites for hydroxylation is 2. The quantitative estimate of drug-likeness (QED) is 0.104. The monoisotopic (exact) mass is 447 g/mol. The first kappa shape index (κ1) is 29.2. The Labute approximate surface area is 202 Å². The van der Waals surface area contributed by atoms with Crippen LogP contribution in [0, 0.1) is 0 Å². The van der Waals surface area contributed by atoms with E-state index in [1.807, 2.05) is 0 Å². The maximum Gasteiger partial charge on any atom is 0.243 e. The fraction of sp³-hybridized carbons (Fsp3) is 0.900. The molecule has 0 bridgehead atoms. The number of unbranched alkanes of at least 4 members (excludes halogenated alkanes) is 21. The van der Waals surface area contributed by atoms with Crippen molar-refractivity contribution in [2.24, 2.45) is 0 Å². The van der Waals surface area contributed by atoms with Gasteiger partial charge in [0.15, 0.2) is 0 Å². The van der Waals surface area contributed by atoms with Gasteiger partial charge in [-0.3, -0.25) is 0 Å². The minimum atomic E-state index is 1.20. The lowest BCUT2D eigenvalue weighted by molar-refractivity contribution is -0.696. The van der Waals surface area contributed by atoms with Crippen LogP contribution in [-0.4, -0.2) is 4.57 Å². The van der Waals surface area contributed by atoms with E-state index < -0.39 is 0 Å². The Morgan fingerprint density at radius 3 is 1.28 bits per heavy atom. The van der Waals surface area contributed by atoms with Crippen molar-refractivity contribution >= 4 is 0 Å². The van der Waals surface area contributed by atoms with Gasteiger partial charge in [0.25, 0.3) is 0 Å². The highest BCUT2D eigenvalue weighted by Gasteiger charge is 2.03. The van der Waals surface area contributed by atoms with Gasteiger partial charge in [-0.25, -0.2) is 9.13 Å². The Hall–Kier alpha value is -0.790. The average molecular weight is 448 g/mol. The molecule has 0 N–H and O–H groups in total. The van der Waals surface area contributed by atoms with E-state index in [4.69, 9.17) is 0 Å². The van der Waals surface area contributed by atoms with Gasteiger partial charge in [-0.1, -0.05) is 136 Å². The summed E-state index contributed by atoms with van der Waals surface area (Å²) in [5.74, 6) is 0. The zero-order chi connectivity index (χ0) is 23.0. The minimum Gasteiger partial charge on any atom is -0.237 e. The molecule has 0 aliphatic carbocycles. The summed E-state index contributed by atoms with van der Waals surface area (Å²) >= 11 is 0. The molecule has 2 nitrogen and oxygen atoms in total. The van der Waals surface area contributed by atoms with Gasteiger partial charge in [0, 0.05) is 0 Å². The molecule has 188 valence electrons. The maximum atomic E-state index is 2.40. The zero-order valence-electron chi connectivity index (χ0n) is 22.3. The van der Waals surface area contributed by atoms with Gasteiger partial charge < -0.3 is 0 Å². The molecular formula is C30H59N2+. The van der Waals surface area contributed by atoms with Gasteiger partial charge >= 0.3 is 0 Å². The van der Waals surface area contributed by atoms with Crippen LogP contribution in [0.15, 0.2) is 18.7 Å². The van der Waals surface area contributed by atoms with E-state index in [9.17, 15) is 0 Å². The number of aromatic nitrogens is 2. The zero-order valence-corrected chi connectivity index (χ0v) is 22.3. The molecule has 0 aliphatic heterocycles. The average Bonchev–Trinajstić information content (AvgIpc) is 3.26. The molecule has 0 unspecified atom stereocenters. The van der Waals surface area contributed by atoms with Crippen molar-refractivity contribution in [1.29, 1.82) is 0 Å². The lowest BCUT2D eigenvalue weighted by Crippen LogP contribution is -2.30. The molecule has 0 aromatic carbocycles. The van der Waals surface area contributed by atoms with Crippen LogP contribution in [0.1, 0.15) is 162 Å². The van der Waals surface area contributed by atoms with Crippen LogP contribution in [0.25, 0.3) is 0 Å². The second kappa shape index (κ2) is 23.4. The van der Waals surface area contributed by atoms with E-state index in [2.05, 4.69) is 41.7 Å². The molecule has 0 fully saturated rings. The predicted octanol–water partition coefficient (Wildman–Crippen LogP) is 9.79. The van der Waals surface area contributed by atoms with Crippen LogP contribution in [0.2, 0.25) is 0 Å². The van der Waals surface area contributed by atoms with Gasteiger partial charge in [0.1, 0.15) is 12.4 Å². The van der Waals surface area contributed by atoms with Crippen LogP contribution in [-0.2, 0) is 13.1 Å². The highest BCUT2D eigenvalue weighted by molar-refractivity contribution is 4.66. The standard InChI is InChI=1S/C30H59N2/c1-3-5-7-9-11-13-15-16-17-19-21-23-25-27-32-29-28-31(30-32)26-24-22-20-18-14-12-10-8-6-4-2/h28-30H,3-27H2,1-2H3/q+1. The molecule has 0 saturated carbocycles. The first-order chi connectivity index (χ1) is 15.9. The highest BCUT2D eigenvalue weighted by Crippen LogP contribution is 2.13. The van der Waals surface area contributed by atoms with Crippen molar-refractivity contribution in [2.45, 2.75) is 175 Å². The van der Waals surface area contributed by atoms with E-state index in [1.54, 1.807) is 0 Å². The summed E-state index contributed by atoms with van der Waals surface area (Å²) < 4.78 is 4.79. The number of imidazole rings is 1. The second-order valence-electron chi connectivity index (χ2n) is 10.3. The summed E-state index contributed by atoms with van der Waals surface area (Å²) in [4.78, 5) is 0. The van der Waals surface area contributed by atoms with Crippen molar-refractivity contribution in [3.8, 4) is 0 Å². The molecule has 0 radical (unpaired) electrons. The predicted molar refractivity (Wildman–Crippen MR) is 142 cm³/mol. The van der Waals surface area contributed by atoms with Crippen molar-refractivity contribution in [2.75, 3.05) is 0 Å². The van der Waals surface area contributed by atoms with E-state index >= 15 is 0 Å². The van der Waals surface area contributed by atoms with E-state index in [0.717, 1.165) is 0 Å². The second-order valence-corrected chi connectivity index (χ2v) is 10.3. The summed E-state index contributed by atoms with van der Waals surface area (Å²) in [6, 6.07) is 0. The van der Waals surface area contributed by atoms with Gasteiger partial charge in [-0.05, 0) is 25.7 Å². The third-order valence-electron chi connectivity index (χ3n) is 7.04. The smallest absolute Gasteiger partial charge is 0.237 e. The lowest BCUT2D eigenvalue weighted by Gasteiger charge is -2.03. The largest absolute Gasteiger partial charge is 0.243 e. The van der Waals surface area contributed by atoms with Crippen molar-refractivity contribution < 1.29 is 4.57 Å². The van der Waals surface area contributed by atoms with E-state index in [-0.39, 0.29) is 0 Å². The first-order valence-electron chi connectivity index (χ1n) is 14.9. The van der Waals surface area contributed by atoms with Gasteiger partial charge in [0.2, 0.25) is 6.33 Å². The van der Waals surface area contributed by atoms with Crippen LogP contribution >= 0.6 is 0 Å². The van der Waals surface area contributed by atoms with Crippen LogP contribution in [0.3, 0.4) is 0 Å². The summed E-state index contributed by atoms with van der Waals surface area (Å²) in [5, 5.41) is 0. The number of hydrogen-bond acceptors (Lipinski definition) is 0. The van der Waals surface area contributed by atoms with Gasteiger partial charge in [-0.15, -0.1) is 0 Å². The lowest BCUT2D eigenvalue weighted by atomic mass is 10.0. The molecule has 1 aromatic rings. The van der Waals surface area contributed by atoms with Crippen LogP contribution in [0.4, 0.5) is 0 Å². The van der Waals surface area contributed by atoms with Crippen LogP contribution in [0.5, 0.6) is 0 Å². The number of hydrogen-bond donors (Lipinski definition) is 0. The summed E-state index contributed by atoms with van der Waals surface area (Å²) in [6.45, 7) is 6.99. The Kier molecular flexibility index (Phi) is 21.4. The Morgan fingerprint density at radius 1 is 0.469 bits per heavy atom. The minimum absolute atomic E-state index is 1.20. The Bertz CT molecular complexity index is 479. The summed E-state index contributed by atoms with van der Waals surface area (Å²) in [7, 11) is 0. The van der Waals surface area contributed by atoms with E-state index in [0.29, 0.717) is 0 Å². The molecule has 0 saturated heterocycles. The van der Waals surface area contributed by atoms with Crippen molar-refractivity contribution in [3.63, 3.8) is 0 Å². The fourth-order valence-electron chi connectivity index (χ4n) is 4.80. The molecule has 32 heavy (non-hydrogen) atoms. The molecular weight excluding hydrogens is 388 g/mol. The SMILES string of the molecule is CCCCCCCCCCCCCCC[n+]1ccn(CCCCCCCCCCCC)c1. The molecule has 0 amide bonds. The third kappa shape index (κ3) is 18.8. The normalized spacial score (nSPS) is 11.4. The molecule has 0 aliphatic rings. The molecule has 0 atom stereocenters. The highest BCUT2D eigenvalue weighted by atomic mass is 15.1. The summed E-state index contributed by atoms with van der Waals surface area (Å²) in [5.41, 5.74) is 0. The van der Waals surface area contributed by atoms with Crippen molar-refractivity contribution in [3.05, 3.63) is 18.7 Å². The number of rotatable bonds is 25. The summed E-state index contributed by atoms with van der Waals surface area (Å²) in [6.07, 6.45) is 39.7. The Balaban J connectivity index is 1.84. The van der Waals surface area contributed by atoms with Crippen LogP contribution < -0.4 is 4.57 Å². The molecule has 0 spiro atoms. The topological polar surface area (TPSA) is 8.81 Å². The fourth-order valence-corrected chi connectivity index (χ4v) is 4.80. The van der Waals surface area contributed by atoms with E-state index in [1.165, 1.54) is 161 Å². The number of nitrogens with zero attached hydrogens (tertiary/aromatic N) is 2.